The van der Waals surface area contributed by atoms with Crippen LogP contribution in [0.2, 0.25) is 0 Å². The van der Waals surface area contributed by atoms with Crippen LogP contribution in [0.3, 0.4) is 0 Å². The van der Waals surface area contributed by atoms with Crippen molar-refractivity contribution in [1.29, 1.82) is 0 Å². The minimum Gasteiger partial charge on any atom is -0.466 e. The zero-order valence-corrected chi connectivity index (χ0v) is 16.7. The van der Waals surface area contributed by atoms with Gasteiger partial charge < -0.3 is 24.3 Å². The molecular weight excluding hydrogens is 358 g/mol. The smallest absolute Gasteiger partial charge is 0.257 e. The van der Waals surface area contributed by atoms with Gasteiger partial charge in [-0.05, 0) is 51.1 Å². The van der Waals surface area contributed by atoms with Gasteiger partial charge in [-0.15, -0.1) is 0 Å². The van der Waals surface area contributed by atoms with Crippen LogP contribution < -0.4 is 10.2 Å². The van der Waals surface area contributed by atoms with Crippen molar-refractivity contribution in [2.24, 2.45) is 0 Å². The molecule has 1 N–H and O–H groups in total. The molecule has 1 aromatic heterocycles. The second kappa shape index (κ2) is 8.93. The van der Waals surface area contributed by atoms with E-state index in [1.165, 1.54) is 4.90 Å². The molecule has 2 aromatic rings. The average Bonchev–Trinajstić information content (AvgIpc) is 3.05. The van der Waals surface area contributed by atoms with E-state index in [0.717, 1.165) is 32.0 Å². The molecule has 0 saturated carbocycles. The Bertz CT molecular complexity index is 823. The number of nitrogens with one attached hydrogen (secondary N) is 1. The molecule has 0 atom stereocenters. The highest BCUT2D eigenvalue weighted by atomic mass is 16.5. The maximum Gasteiger partial charge on any atom is 0.257 e. The SMILES string of the molecule is CCN(CC(=O)Nc1ccc(N2CCOCC2)cc1)C(=O)c1cc(C)oc1C. The van der Waals surface area contributed by atoms with Crippen LogP contribution >= 0.6 is 0 Å². The number of carbonyl (C=O) groups excluding carboxylic acids is 2. The van der Waals surface area contributed by atoms with Crippen LogP contribution in [0.4, 0.5) is 11.4 Å². The first-order chi connectivity index (χ1) is 13.5. The molecule has 0 spiro atoms. The molecule has 0 unspecified atom stereocenters. The minimum absolute atomic E-state index is 0.00971. The van der Waals surface area contributed by atoms with Gasteiger partial charge >= 0.3 is 0 Å². The average molecular weight is 385 g/mol. The number of carbonyl (C=O) groups is 2. The highest BCUT2D eigenvalue weighted by molar-refractivity contribution is 6.00. The summed E-state index contributed by atoms with van der Waals surface area (Å²) >= 11 is 0. The highest BCUT2D eigenvalue weighted by Gasteiger charge is 2.21. The van der Waals surface area contributed by atoms with Crippen LogP contribution in [0.1, 0.15) is 28.8 Å². The number of benzene rings is 1. The maximum atomic E-state index is 12.7. The zero-order valence-electron chi connectivity index (χ0n) is 16.7. The molecule has 0 bridgehead atoms. The first kappa shape index (κ1) is 19.9. The van der Waals surface area contributed by atoms with Crippen LogP contribution in [0.25, 0.3) is 0 Å². The van der Waals surface area contributed by atoms with Gasteiger partial charge in [0, 0.05) is 31.0 Å². The number of morpholine rings is 1. The number of aryl methyl sites for hydroxylation is 2. The number of nitrogens with zero attached hydrogens (tertiary/aromatic N) is 2. The third-order valence-electron chi connectivity index (χ3n) is 4.80. The van der Waals surface area contributed by atoms with Crippen molar-refractivity contribution in [3.05, 3.63) is 47.4 Å². The van der Waals surface area contributed by atoms with E-state index in [-0.39, 0.29) is 18.4 Å². The van der Waals surface area contributed by atoms with E-state index < -0.39 is 0 Å². The standard InChI is InChI=1S/C21H27N3O4/c1-4-23(21(26)19-13-15(2)28-16(19)3)14-20(25)22-17-5-7-18(8-6-17)24-9-11-27-12-10-24/h5-8,13H,4,9-12,14H2,1-3H3,(H,22,25). The lowest BCUT2D eigenvalue weighted by Crippen LogP contribution is -2.38. The number of rotatable bonds is 6. The molecule has 150 valence electrons. The van der Waals surface area contributed by atoms with Crippen LogP contribution in [0.15, 0.2) is 34.7 Å². The van der Waals surface area contributed by atoms with Gasteiger partial charge in [0.1, 0.15) is 18.1 Å². The molecule has 0 radical (unpaired) electrons. The van der Waals surface area contributed by atoms with Gasteiger partial charge in [0.25, 0.3) is 5.91 Å². The summed E-state index contributed by atoms with van der Waals surface area (Å²) in [6.07, 6.45) is 0. The maximum absolute atomic E-state index is 12.7. The van der Waals surface area contributed by atoms with Gasteiger partial charge in [0.05, 0.1) is 18.8 Å². The predicted molar refractivity (Wildman–Crippen MR) is 108 cm³/mol. The van der Waals surface area contributed by atoms with Crippen LogP contribution in [0.5, 0.6) is 0 Å². The molecule has 28 heavy (non-hydrogen) atoms. The van der Waals surface area contributed by atoms with E-state index in [1.807, 2.05) is 31.2 Å². The van der Waals surface area contributed by atoms with Crippen molar-refractivity contribution in [3.63, 3.8) is 0 Å². The Kier molecular flexibility index (Phi) is 6.36. The van der Waals surface area contributed by atoms with Crippen molar-refractivity contribution in [2.45, 2.75) is 20.8 Å². The molecule has 1 aliphatic heterocycles. The predicted octanol–water partition coefficient (Wildman–Crippen LogP) is 2.83. The number of ether oxygens (including phenoxy) is 1. The lowest BCUT2D eigenvalue weighted by molar-refractivity contribution is -0.116. The third kappa shape index (κ3) is 4.72. The molecule has 7 heteroatoms. The molecule has 1 aromatic carbocycles. The van der Waals surface area contributed by atoms with Crippen LogP contribution in [-0.4, -0.2) is 56.1 Å². The fourth-order valence-corrected chi connectivity index (χ4v) is 3.29. The second-order valence-electron chi connectivity index (χ2n) is 6.84. The fraction of sp³-hybridized carbons (Fsp3) is 0.429. The summed E-state index contributed by atoms with van der Waals surface area (Å²) in [5.41, 5.74) is 2.32. The molecule has 1 fully saturated rings. The molecule has 2 amide bonds. The summed E-state index contributed by atoms with van der Waals surface area (Å²) in [5, 5.41) is 2.86. The van der Waals surface area contributed by atoms with E-state index in [0.29, 0.717) is 29.3 Å². The summed E-state index contributed by atoms with van der Waals surface area (Å²) in [6, 6.07) is 9.44. The Labute approximate surface area is 165 Å². The van der Waals surface area contributed by atoms with E-state index in [2.05, 4.69) is 10.2 Å². The van der Waals surface area contributed by atoms with E-state index in [4.69, 9.17) is 9.15 Å². The molecule has 1 aliphatic rings. The first-order valence-electron chi connectivity index (χ1n) is 9.57. The summed E-state index contributed by atoms with van der Waals surface area (Å²) < 4.78 is 10.8. The van der Waals surface area contributed by atoms with Crippen LogP contribution in [0, 0.1) is 13.8 Å². The fourth-order valence-electron chi connectivity index (χ4n) is 3.29. The lowest BCUT2D eigenvalue weighted by Gasteiger charge is -2.29. The molecule has 7 nitrogen and oxygen atoms in total. The van der Waals surface area contributed by atoms with Gasteiger partial charge in [0.2, 0.25) is 5.91 Å². The summed E-state index contributed by atoms with van der Waals surface area (Å²) in [5.74, 6) is 0.823. The second-order valence-corrected chi connectivity index (χ2v) is 6.84. The topological polar surface area (TPSA) is 75.0 Å². The summed E-state index contributed by atoms with van der Waals surface area (Å²) in [4.78, 5) is 28.9. The molecule has 3 rings (SSSR count). The van der Waals surface area contributed by atoms with Crippen molar-refractivity contribution in [2.75, 3.05) is 49.6 Å². The van der Waals surface area contributed by atoms with Crippen molar-refractivity contribution in [1.82, 2.24) is 4.90 Å². The molecule has 1 saturated heterocycles. The number of anilines is 2. The Hall–Kier alpha value is -2.80. The summed E-state index contributed by atoms with van der Waals surface area (Å²) in [6.45, 7) is 9.03. The van der Waals surface area contributed by atoms with Gasteiger partial charge in [-0.1, -0.05) is 0 Å². The zero-order chi connectivity index (χ0) is 20.1. The van der Waals surface area contributed by atoms with Crippen molar-refractivity contribution >= 4 is 23.2 Å². The number of likely N-dealkylation sites (N-methyl/N-ethyl adjacent to an activating group) is 1. The number of furan rings is 1. The number of amides is 2. The molecule has 0 aliphatic carbocycles. The first-order valence-corrected chi connectivity index (χ1v) is 9.57. The Morgan fingerprint density at radius 1 is 1.14 bits per heavy atom. The molecular formula is C21H27N3O4. The quantitative estimate of drug-likeness (QED) is 0.828. The number of hydrogen-bond donors (Lipinski definition) is 1. The monoisotopic (exact) mass is 385 g/mol. The Balaban J connectivity index is 1.59. The summed E-state index contributed by atoms with van der Waals surface area (Å²) in [7, 11) is 0. The van der Waals surface area contributed by atoms with Gasteiger partial charge in [0.15, 0.2) is 0 Å². The van der Waals surface area contributed by atoms with Crippen molar-refractivity contribution in [3.8, 4) is 0 Å². The number of hydrogen-bond acceptors (Lipinski definition) is 5. The lowest BCUT2D eigenvalue weighted by atomic mass is 10.2. The normalized spacial score (nSPS) is 14.0. The van der Waals surface area contributed by atoms with Gasteiger partial charge in [-0.2, -0.15) is 0 Å². The van der Waals surface area contributed by atoms with Crippen molar-refractivity contribution < 1.29 is 18.7 Å². The van der Waals surface area contributed by atoms with Crippen LogP contribution in [-0.2, 0) is 9.53 Å². The van der Waals surface area contributed by atoms with Gasteiger partial charge in [-0.25, -0.2) is 0 Å². The molecule has 2 heterocycles. The van der Waals surface area contributed by atoms with E-state index >= 15 is 0 Å². The third-order valence-corrected chi connectivity index (χ3v) is 4.80. The largest absolute Gasteiger partial charge is 0.466 e. The van der Waals surface area contributed by atoms with E-state index in [9.17, 15) is 9.59 Å². The highest BCUT2D eigenvalue weighted by Crippen LogP contribution is 2.19. The Morgan fingerprint density at radius 2 is 1.82 bits per heavy atom. The Morgan fingerprint density at radius 3 is 2.39 bits per heavy atom. The van der Waals surface area contributed by atoms with Gasteiger partial charge in [-0.3, -0.25) is 9.59 Å². The minimum atomic E-state index is -0.229. The van der Waals surface area contributed by atoms with E-state index in [1.54, 1.807) is 19.9 Å².